The third-order valence-corrected chi connectivity index (χ3v) is 3.92. The number of nitrogens with zero attached hydrogens (tertiary/aromatic N) is 1. The molecular formula is C20H18N2O7. The molecule has 0 fully saturated rings. The van der Waals surface area contributed by atoms with Crippen LogP contribution in [0.15, 0.2) is 59.0 Å². The van der Waals surface area contributed by atoms with Crippen LogP contribution in [0.2, 0.25) is 0 Å². The maximum Gasteiger partial charge on any atom is 0.291 e. The van der Waals surface area contributed by atoms with Gasteiger partial charge in [0.25, 0.3) is 11.6 Å². The molecule has 1 amide bonds. The molecule has 0 aliphatic heterocycles. The van der Waals surface area contributed by atoms with Crippen molar-refractivity contribution in [1.29, 1.82) is 0 Å². The molecule has 9 nitrogen and oxygen atoms in total. The van der Waals surface area contributed by atoms with Crippen molar-refractivity contribution >= 4 is 17.3 Å². The monoisotopic (exact) mass is 398 g/mol. The van der Waals surface area contributed by atoms with Gasteiger partial charge in [-0.3, -0.25) is 14.9 Å². The van der Waals surface area contributed by atoms with Gasteiger partial charge in [-0.25, -0.2) is 0 Å². The first-order chi connectivity index (χ1) is 14.0. The molecule has 3 aromatic rings. The number of amides is 1. The van der Waals surface area contributed by atoms with Gasteiger partial charge in [-0.05, 0) is 24.3 Å². The zero-order valence-corrected chi connectivity index (χ0v) is 15.7. The molecule has 1 aromatic heterocycles. The number of hydrogen-bond donors (Lipinski definition) is 1. The fourth-order valence-electron chi connectivity index (χ4n) is 2.54. The number of anilines is 1. The lowest BCUT2D eigenvalue weighted by Gasteiger charge is -2.09. The van der Waals surface area contributed by atoms with Gasteiger partial charge in [-0.2, -0.15) is 0 Å². The summed E-state index contributed by atoms with van der Waals surface area (Å²) in [5.41, 5.74) is 0.00858. The molecule has 0 spiro atoms. The molecule has 0 saturated heterocycles. The number of ether oxygens (including phenoxy) is 3. The first kappa shape index (κ1) is 19.7. The van der Waals surface area contributed by atoms with Crippen LogP contribution in [-0.4, -0.2) is 25.1 Å². The second-order valence-electron chi connectivity index (χ2n) is 5.84. The minimum Gasteiger partial charge on any atom is -0.496 e. The van der Waals surface area contributed by atoms with E-state index in [1.807, 2.05) is 12.1 Å². The normalized spacial score (nSPS) is 10.3. The van der Waals surface area contributed by atoms with Gasteiger partial charge in [0.15, 0.2) is 17.3 Å². The summed E-state index contributed by atoms with van der Waals surface area (Å²) in [7, 11) is 2.92. The van der Waals surface area contributed by atoms with E-state index < -0.39 is 10.8 Å². The lowest BCUT2D eigenvalue weighted by molar-refractivity contribution is -0.384. The maximum atomic E-state index is 12.4. The summed E-state index contributed by atoms with van der Waals surface area (Å²) < 4.78 is 21.4. The topological polar surface area (TPSA) is 113 Å². The Morgan fingerprint density at radius 2 is 1.83 bits per heavy atom. The van der Waals surface area contributed by atoms with Gasteiger partial charge in [0, 0.05) is 12.1 Å². The number of furan rings is 1. The summed E-state index contributed by atoms with van der Waals surface area (Å²) in [6, 6.07) is 14.2. The zero-order valence-electron chi connectivity index (χ0n) is 15.7. The number of carbonyl (C=O) groups is 1. The predicted octanol–water partition coefficient (Wildman–Crippen LogP) is 4.04. The van der Waals surface area contributed by atoms with Gasteiger partial charge >= 0.3 is 0 Å². The van der Waals surface area contributed by atoms with Gasteiger partial charge in [-0.1, -0.05) is 12.1 Å². The average Bonchev–Trinajstić information content (AvgIpc) is 3.21. The van der Waals surface area contributed by atoms with Crippen LogP contribution in [0.3, 0.4) is 0 Å². The third-order valence-electron chi connectivity index (χ3n) is 3.92. The van der Waals surface area contributed by atoms with E-state index in [9.17, 15) is 14.9 Å². The number of para-hydroxylation sites is 2. The SMILES string of the molecule is COc1cc(NC(=O)c2ccc(COc3ccccc3OC)o2)cc([N+](=O)[O-])c1. The summed E-state index contributed by atoms with van der Waals surface area (Å²) in [6.45, 7) is 0.0955. The number of rotatable bonds is 8. The molecule has 0 aliphatic carbocycles. The van der Waals surface area contributed by atoms with Crippen molar-refractivity contribution in [3.05, 3.63) is 76.2 Å². The third kappa shape index (κ3) is 4.83. The van der Waals surface area contributed by atoms with Crippen LogP contribution in [0.5, 0.6) is 17.2 Å². The van der Waals surface area contributed by atoms with E-state index >= 15 is 0 Å². The Hall–Kier alpha value is -4.01. The molecule has 1 heterocycles. The zero-order chi connectivity index (χ0) is 20.8. The quantitative estimate of drug-likeness (QED) is 0.450. The predicted molar refractivity (Wildman–Crippen MR) is 104 cm³/mol. The van der Waals surface area contributed by atoms with Gasteiger partial charge in [0.2, 0.25) is 0 Å². The summed E-state index contributed by atoms with van der Waals surface area (Å²) in [5, 5.41) is 13.6. The molecule has 0 radical (unpaired) electrons. The van der Waals surface area contributed by atoms with Crippen LogP contribution in [-0.2, 0) is 6.61 Å². The summed E-state index contributed by atoms with van der Waals surface area (Å²) in [4.78, 5) is 22.8. The molecule has 0 aliphatic rings. The highest BCUT2D eigenvalue weighted by molar-refractivity contribution is 6.02. The number of hydrogen-bond acceptors (Lipinski definition) is 7. The van der Waals surface area contributed by atoms with Gasteiger partial charge in [0.05, 0.1) is 30.9 Å². The van der Waals surface area contributed by atoms with Crippen molar-refractivity contribution in [3.63, 3.8) is 0 Å². The van der Waals surface area contributed by atoms with Crippen LogP contribution >= 0.6 is 0 Å². The lowest BCUT2D eigenvalue weighted by atomic mass is 10.2. The average molecular weight is 398 g/mol. The minimum atomic E-state index is -0.571. The Bertz CT molecular complexity index is 1030. The van der Waals surface area contributed by atoms with Crippen LogP contribution in [0, 0.1) is 10.1 Å². The molecule has 0 atom stereocenters. The lowest BCUT2D eigenvalue weighted by Crippen LogP contribution is -2.11. The van der Waals surface area contributed by atoms with Crippen molar-refractivity contribution in [1.82, 2.24) is 0 Å². The summed E-state index contributed by atoms with van der Waals surface area (Å²) in [6.07, 6.45) is 0. The number of nitrogens with one attached hydrogen (secondary N) is 1. The fraction of sp³-hybridized carbons (Fsp3) is 0.150. The van der Waals surface area contributed by atoms with Crippen LogP contribution < -0.4 is 19.5 Å². The highest BCUT2D eigenvalue weighted by atomic mass is 16.6. The highest BCUT2D eigenvalue weighted by Crippen LogP contribution is 2.28. The molecule has 1 N–H and O–H groups in total. The van der Waals surface area contributed by atoms with Gasteiger partial charge < -0.3 is 23.9 Å². The van der Waals surface area contributed by atoms with Crippen molar-refractivity contribution in [3.8, 4) is 17.2 Å². The number of methoxy groups -OCH3 is 2. The van der Waals surface area contributed by atoms with Crippen molar-refractivity contribution in [2.45, 2.75) is 6.61 Å². The standard InChI is InChI=1S/C20H18N2O7/c1-26-16-10-13(9-14(11-16)22(24)25)21-20(23)19-8-7-15(29-19)12-28-18-6-4-3-5-17(18)27-2/h3-11H,12H2,1-2H3,(H,21,23). The second-order valence-corrected chi connectivity index (χ2v) is 5.84. The number of non-ortho nitro benzene ring substituents is 1. The largest absolute Gasteiger partial charge is 0.496 e. The Labute approximate surface area is 166 Å². The van der Waals surface area contributed by atoms with E-state index in [-0.39, 0.29) is 29.5 Å². The van der Waals surface area contributed by atoms with E-state index in [2.05, 4.69) is 5.32 Å². The second kappa shape index (κ2) is 8.79. The Balaban J connectivity index is 1.68. The molecule has 0 saturated carbocycles. The number of carbonyl (C=O) groups excluding carboxylic acids is 1. The van der Waals surface area contributed by atoms with Crippen molar-refractivity contribution < 1.29 is 28.3 Å². The molecule has 29 heavy (non-hydrogen) atoms. The number of nitro benzene ring substituents is 1. The van der Waals surface area contributed by atoms with E-state index in [0.29, 0.717) is 17.3 Å². The van der Waals surface area contributed by atoms with E-state index in [1.54, 1.807) is 25.3 Å². The van der Waals surface area contributed by atoms with E-state index in [0.717, 1.165) is 0 Å². The maximum absolute atomic E-state index is 12.4. The van der Waals surface area contributed by atoms with Crippen LogP contribution in [0.25, 0.3) is 0 Å². The van der Waals surface area contributed by atoms with Crippen LogP contribution in [0.4, 0.5) is 11.4 Å². The molecule has 0 unspecified atom stereocenters. The molecule has 3 rings (SSSR count). The highest BCUT2D eigenvalue weighted by Gasteiger charge is 2.16. The van der Waals surface area contributed by atoms with Crippen molar-refractivity contribution in [2.24, 2.45) is 0 Å². The van der Waals surface area contributed by atoms with E-state index in [4.69, 9.17) is 18.6 Å². The number of benzene rings is 2. The Morgan fingerprint density at radius 3 is 2.52 bits per heavy atom. The first-order valence-corrected chi connectivity index (χ1v) is 8.49. The van der Waals surface area contributed by atoms with Gasteiger partial charge in [-0.15, -0.1) is 0 Å². The molecule has 0 bridgehead atoms. The number of nitro groups is 1. The summed E-state index contributed by atoms with van der Waals surface area (Å²) >= 11 is 0. The Kier molecular flexibility index (Phi) is 5.98. The molecule has 150 valence electrons. The molecule has 9 heteroatoms. The Morgan fingerprint density at radius 1 is 1.07 bits per heavy atom. The molecular weight excluding hydrogens is 380 g/mol. The van der Waals surface area contributed by atoms with Crippen molar-refractivity contribution in [2.75, 3.05) is 19.5 Å². The molecule has 2 aromatic carbocycles. The summed E-state index contributed by atoms with van der Waals surface area (Å²) in [5.74, 6) is 1.28. The van der Waals surface area contributed by atoms with Crippen LogP contribution in [0.1, 0.15) is 16.3 Å². The van der Waals surface area contributed by atoms with E-state index in [1.165, 1.54) is 31.4 Å². The minimum absolute atomic E-state index is 0.0362. The smallest absolute Gasteiger partial charge is 0.291 e. The fourth-order valence-corrected chi connectivity index (χ4v) is 2.54. The van der Waals surface area contributed by atoms with Gasteiger partial charge in [0.1, 0.15) is 18.1 Å². The first-order valence-electron chi connectivity index (χ1n) is 8.49.